The van der Waals surface area contributed by atoms with Crippen LogP contribution in [0.3, 0.4) is 0 Å². The van der Waals surface area contributed by atoms with Crippen molar-refractivity contribution in [3.05, 3.63) is 34.3 Å². The molecule has 1 aromatic carbocycles. The van der Waals surface area contributed by atoms with Gasteiger partial charge in [0.1, 0.15) is 0 Å². The summed E-state index contributed by atoms with van der Waals surface area (Å²) in [4.78, 5) is 11.2. The third-order valence-corrected chi connectivity index (χ3v) is 1.85. The minimum atomic E-state index is -0.479. The molecule has 0 aromatic heterocycles. The fraction of sp³-hybridized carbons (Fsp3) is 0.111. The Balaban J connectivity index is 3.03. The molecule has 0 saturated carbocycles. The van der Waals surface area contributed by atoms with Gasteiger partial charge in [-0.2, -0.15) is 5.26 Å². The van der Waals surface area contributed by atoms with Crippen molar-refractivity contribution in [2.24, 2.45) is 0 Å². The van der Waals surface area contributed by atoms with Gasteiger partial charge in [0.05, 0.1) is 10.6 Å². The summed E-state index contributed by atoms with van der Waals surface area (Å²) >= 11 is 5.79. The Kier molecular flexibility index (Phi) is 2.88. The maximum Gasteiger partial charge on any atom is 0.265 e. The van der Waals surface area contributed by atoms with Crippen molar-refractivity contribution < 1.29 is 4.79 Å². The Morgan fingerprint density at radius 1 is 1.62 bits per heavy atom. The molecule has 3 nitrogen and oxygen atoms in total. The number of benzene rings is 1. The maximum atomic E-state index is 11.2. The van der Waals surface area contributed by atoms with E-state index in [2.05, 4.69) is 0 Å². The lowest BCUT2D eigenvalue weighted by Gasteiger charge is -2.01. The van der Waals surface area contributed by atoms with E-state index in [0.29, 0.717) is 10.6 Å². The first-order valence-corrected chi connectivity index (χ1v) is 3.98. The second-order valence-electron chi connectivity index (χ2n) is 2.55. The number of amides is 1. The number of rotatable bonds is 1. The van der Waals surface area contributed by atoms with E-state index < -0.39 is 5.91 Å². The lowest BCUT2D eigenvalue weighted by atomic mass is 10.1. The van der Waals surface area contributed by atoms with Gasteiger partial charge in [-0.1, -0.05) is 17.7 Å². The molecule has 1 amide bonds. The van der Waals surface area contributed by atoms with E-state index in [9.17, 15) is 4.79 Å². The number of halogens is 1. The molecule has 0 heterocycles. The van der Waals surface area contributed by atoms with Crippen molar-refractivity contribution in [1.82, 2.24) is 5.32 Å². The van der Waals surface area contributed by atoms with Crippen molar-refractivity contribution in [3.8, 4) is 6.19 Å². The highest BCUT2D eigenvalue weighted by molar-refractivity contribution is 6.33. The number of aryl methyl sites for hydroxylation is 1. The Labute approximate surface area is 80.9 Å². The van der Waals surface area contributed by atoms with Gasteiger partial charge in [-0.25, -0.2) is 0 Å². The molecule has 0 radical (unpaired) electrons. The molecule has 0 atom stereocenters. The average Bonchev–Trinajstić information content (AvgIpc) is 2.04. The molecule has 0 bridgehead atoms. The summed E-state index contributed by atoms with van der Waals surface area (Å²) in [5.74, 6) is -0.479. The van der Waals surface area contributed by atoms with Crippen LogP contribution in [0.1, 0.15) is 15.9 Å². The summed E-state index contributed by atoms with van der Waals surface area (Å²) in [6, 6.07) is 5.02. The Morgan fingerprint density at radius 2 is 2.31 bits per heavy atom. The zero-order chi connectivity index (χ0) is 9.84. The van der Waals surface area contributed by atoms with Crippen LogP contribution in [-0.4, -0.2) is 5.91 Å². The minimum Gasteiger partial charge on any atom is -0.268 e. The summed E-state index contributed by atoms with van der Waals surface area (Å²) in [5, 5.41) is 10.6. The van der Waals surface area contributed by atoms with E-state index in [1.54, 1.807) is 24.4 Å². The highest BCUT2D eigenvalue weighted by Crippen LogP contribution is 2.16. The summed E-state index contributed by atoms with van der Waals surface area (Å²) < 4.78 is 0. The topological polar surface area (TPSA) is 52.9 Å². The third kappa shape index (κ3) is 2.20. The van der Waals surface area contributed by atoms with Gasteiger partial charge >= 0.3 is 0 Å². The number of carbonyl (C=O) groups is 1. The van der Waals surface area contributed by atoms with Crippen LogP contribution >= 0.6 is 11.6 Å². The van der Waals surface area contributed by atoms with E-state index in [0.717, 1.165) is 5.56 Å². The predicted octanol–water partition coefficient (Wildman–Crippen LogP) is 1.86. The molecular weight excluding hydrogens is 188 g/mol. The van der Waals surface area contributed by atoms with Gasteiger partial charge in [0.15, 0.2) is 6.19 Å². The Morgan fingerprint density at radius 3 is 2.85 bits per heavy atom. The van der Waals surface area contributed by atoms with Crippen molar-refractivity contribution in [2.45, 2.75) is 6.92 Å². The quantitative estimate of drug-likeness (QED) is 0.548. The molecule has 0 spiro atoms. The van der Waals surface area contributed by atoms with Gasteiger partial charge in [-0.3, -0.25) is 10.1 Å². The highest BCUT2D eigenvalue weighted by atomic mass is 35.5. The first-order valence-electron chi connectivity index (χ1n) is 3.60. The van der Waals surface area contributed by atoms with Gasteiger partial charge in [0.2, 0.25) is 0 Å². The third-order valence-electron chi connectivity index (χ3n) is 1.54. The van der Waals surface area contributed by atoms with E-state index in [4.69, 9.17) is 16.9 Å². The zero-order valence-corrected chi connectivity index (χ0v) is 7.72. The number of hydrogen-bond donors (Lipinski definition) is 1. The second kappa shape index (κ2) is 3.92. The number of nitrogens with zero attached hydrogens (tertiary/aromatic N) is 1. The molecule has 0 aliphatic heterocycles. The summed E-state index contributed by atoms with van der Waals surface area (Å²) in [6.45, 7) is 1.87. The maximum absolute atomic E-state index is 11.2. The fourth-order valence-corrected chi connectivity index (χ4v) is 1.24. The van der Waals surface area contributed by atoms with Crippen molar-refractivity contribution in [1.29, 1.82) is 5.26 Å². The van der Waals surface area contributed by atoms with Gasteiger partial charge in [0, 0.05) is 0 Å². The van der Waals surface area contributed by atoms with Crippen LogP contribution in [-0.2, 0) is 0 Å². The molecule has 4 heteroatoms. The lowest BCUT2D eigenvalue weighted by Crippen LogP contribution is -2.17. The standard InChI is InChI=1S/C9H7ClN2O/c1-6-2-3-7(8(10)4-6)9(13)12-5-11/h2-4H,1H3,(H,12,13). The summed E-state index contributed by atoms with van der Waals surface area (Å²) in [5.41, 5.74) is 1.28. The first kappa shape index (κ1) is 9.56. The molecule has 1 rings (SSSR count). The normalized spacial score (nSPS) is 9.00. The minimum absolute atomic E-state index is 0.314. The molecule has 0 aliphatic carbocycles. The molecule has 66 valence electrons. The molecule has 1 aromatic rings. The van der Waals surface area contributed by atoms with Crippen LogP contribution in [0.2, 0.25) is 5.02 Å². The largest absolute Gasteiger partial charge is 0.268 e. The predicted molar refractivity (Wildman–Crippen MR) is 49.3 cm³/mol. The molecule has 1 N–H and O–H groups in total. The number of nitriles is 1. The van der Waals surface area contributed by atoms with E-state index >= 15 is 0 Å². The van der Waals surface area contributed by atoms with Crippen molar-refractivity contribution >= 4 is 17.5 Å². The van der Waals surface area contributed by atoms with Gasteiger partial charge in [-0.05, 0) is 24.6 Å². The van der Waals surface area contributed by atoms with Gasteiger partial charge in [-0.15, -0.1) is 0 Å². The van der Waals surface area contributed by atoms with E-state index in [1.165, 1.54) is 0 Å². The van der Waals surface area contributed by atoms with Crippen LogP contribution < -0.4 is 5.32 Å². The number of hydrogen-bond acceptors (Lipinski definition) is 2. The van der Waals surface area contributed by atoms with Crippen LogP contribution in [0, 0.1) is 18.4 Å². The lowest BCUT2D eigenvalue weighted by molar-refractivity contribution is 0.0973. The molecule has 0 unspecified atom stereocenters. The molecule has 13 heavy (non-hydrogen) atoms. The molecule has 0 aliphatic rings. The zero-order valence-electron chi connectivity index (χ0n) is 6.97. The van der Waals surface area contributed by atoms with Crippen LogP contribution in [0.25, 0.3) is 0 Å². The molecule has 0 fully saturated rings. The van der Waals surface area contributed by atoms with Crippen molar-refractivity contribution in [2.75, 3.05) is 0 Å². The SMILES string of the molecule is Cc1ccc(C(=O)NC#N)c(Cl)c1. The molecular formula is C9H7ClN2O. The summed E-state index contributed by atoms with van der Waals surface area (Å²) in [7, 11) is 0. The van der Waals surface area contributed by atoms with E-state index in [-0.39, 0.29) is 0 Å². The van der Waals surface area contributed by atoms with E-state index in [1.807, 2.05) is 12.2 Å². The first-order chi connectivity index (χ1) is 6.15. The monoisotopic (exact) mass is 194 g/mol. The number of carbonyl (C=O) groups excluding carboxylic acids is 1. The van der Waals surface area contributed by atoms with Crippen LogP contribution in [0.5, 0.6) is 0 Å². The average molecular weight is 195 g/mol. The number of nitrogens with one attached hydrogen (secondary N) is 1. The highest BCUT2D eigenvalue weighted by Gasteiger charge is 2.08. The fourth-order valence-electron chi connectivity index (χ4n) is 0.922. The summed E-state index contributed by atoms with van der Waals surface area (Å²) in [6.07, 6.45) is 1.55. The smallest absolute Gasteiger partial charge is 0.265 e. The van der Waals surface area contributed by atoms with Crippen LogP contribution in [0.15, 0.2) is 18.2 Å². The van der Waals surface area contributed by atoms with Crippen molar-refractivity contribution in [3.63, 3.8) is 0 Å². The van der Waals surface area contributed by atoms with Gasteiger partial charge < -0.3 is 0 Å². The van der Waals surface area contributed by atoms with Crippen LogP contribution in [0.4, 0.5) is 0 Å². The molecule has 0 saturated heterocycles. The Bertz CT molecular complexity index is 382. The Hall–Kier alpha value is -1.53. The second-order valence-corrected chi connectivity index (χ2v) is 2.96. The van der Waals surface area contributed by atoms with Gasteiger partial charge in [0.25, 0.3) is 5.91 Å².